The topological polar surface area (TPSA) is 64.3 Å². The molecule has 4 nitrogen and oxygen atoms in total. The summed E-state index contributed by atoms with van der Waals surface area (Å²) in [7, 11) is 0. The molecule has 1 rings (SSSR count). The maximum Gasteiger partial charge on any atom is 0.220 e. The fourth-order valence-corrected chi connectivity index (χ4v) is 1.92. The van der Waals surface area contributed by atoms with E-state index in [1.165, 1.54) is 5.56 Å². The first kappa shape index (κ1) is 17.5. The van der Waals surface area contributed by atoms with Crippen LogP contribution in [0.2, 0.25) is 0 Å². The Morgan fingerprint density at radius 1 is 1.29 bits per heavy atom. The normalized spacial score (nSPS) is 12.8. The van der Waals surface area contributed by atoms with E-state index in [-0.39, 0.29) is 17.4 Å². The van der Waals surface area contributed by atoms with Gasteiger partial charge in [0.05, 0.1) is 6.04 Å². The van der Waals surface area contributed by atoms with Crippen LogP contribution < -0.4 is 15.8 Å². The summed E-state index contributed by atoms with van der Waals surface area (Å²) in [4.78, 5) is 11.6. The molecule has 0 heterocycles. The minimum absolute atomic E-state index is 0.0161. The molecule has 0 radical (unpaired) electrons. The molecule has 1 aromatic carbocycles. The Kier molecular flexibility index (Phi) is 6.69. The van der Waals surface area contributed by atoms with Crippen LogP contribution in [0.25, 0.3) is 0 Å². The number of ether oxygens (including phenoxy) is 1. The molecule has 0 aliphatic rings. The molecule has 1 atom stereocenters. The first-order chi connectivity index (χ1) is 9.82. The molecule has 0 saturated heterocycles. The summed E-state index contributed by atoms with van der Waals surface area (Å²) in [6.45, 7) is 9.48. The van der Waals surface area contributed by atoms with Gasteiger partial charge in [0.25, 0.3) is 0 Å². The molecular formula is C17H28N2O2. The minimum atomic E-state index is -0.0161. The zero-order valence-electron chi connectivity index (χ0n) is 13.6. The maximum absolute atomic E-state index is 11.6. The van der Waals surface area contributed by atoms with Gasteiger partial charge in [-0.25, -0.2) is 0 Å². The van der Waals surface area contributed by atoms with E-state index in [2.05, 4.69) is 38.2 Å². The van der Waals surface area contributed by atoms with E-state index in [4.69, 9.17) is 10.5 Å². The van der Waals surface area contributed by atoms with E-state index in [0.717, 1.165) is 5.75 Å². The number of benzene rings is 1. The lowest BCUT2D eigenvalue weighted by Gasteiger charge is -2.20. The van der Waals surface area contributed by atoms with Gasteiger partial charge in [0, 0.05) is 6.42 Å². The van der Waals surface area contributed by atoms with E-state index < -0.39 is 0 Å². The number of rotatable bonds is 7. The second-order valence-electron chi connectivity index (χ2n) is 6.45. The van der Waals surface area contributed by atoms with Crippen LogP contribution in [0, 0.1) is 0 Å². The van der Waals surface area contributed by atoms with Gasteiger partial charge < -0.3 is 15.8 Å². The van der Waals surface area contributed by atoms with Crippen molar-refractivity contribution < 1.29 is 9.53 Å². The summed E-state index contributed by atoms with van der Waals surface area (Å²) in [5.74, 6) is 0.852. The third-order valence-corrected chi connectivity index (χ3v) is 3.24. The molecule has 118 valence electrons. The third kappa shape index (κ3) is 6.63. The molecule has 0 fully saturated rings. The van der Waals surface area contributed by atoms with Gasteiger partial charge in [-0.3, -0.25) is 4.79 Å². The molecule has 0 saturated carbocycles. The van der Waals surface area contributed by atoms with Gasteiger partial charge in [0.1, 0.15) is 12.4 Å². The number of carbonyl (C=O) groups is 1. The van der Waals surface area contributed by atoms with Crippen molar-refractivity contribution in [3.63, 3.8) is 0 Å². The number of hydrogen-bond donors (Lipinski definition) is 2. The van der Waals surface area contributed by atoms with Gasteiger partial charge in [-0.05, 0) is 43.0 Å². The smallest absolute Gasteiger partial charge is 0.220 e. The molecule has 4 heteroatoms. The Morgan fingerprint density at radius 3 is 2.43 bits per heavy atom. The van der Waals surface area contributed by atoms with Crippen LogP contribution in [0.4, 0.5) is 0 Å². The van der Waals surface area contributed by atoms with Crippen LogP contribution in [0.5, 0.6) is 5.75 Å². The highest BCUT2D eigenvalue weighted by molar-refractivity contribution is 5.76. The molecule has 21 heavy (non-hydrogen) atoms. The number of carbonyl (C=O) groups excluding carboxylic acids is 1. The highest BCUT2D eigenvalue weighted by atomic mass is 16.5. The van der Waals surface area contributed by atoms with Crippen molar-refractivity contribution in [2.45, 2.75) is 52.0 Å². The Bertz CT molecular complexity index is 435. The lowest BCUT2D eigenvalue weighted by atomic mass is 9.87. The van der Waals surface area contributed by atoms with Crippen molar-refractivity contribution in [2.75, 3.05) is 13.2 Å². The molecule has 0 aromatic heterocycles. The van der Waals surface area contributed by atoms with E-state index in [1.54, 1.807) is 0 Å². The lowest BCUT2D eigenvalue weighted by molar-refractivity contribution is -0.121. The molecule has 0 bridgehead atoms. The van der Waals surface area contributed by atoms with Gasteiger partial charge in [0.15, 0.2) is 0 Å². The number of nitrogens with two attached hydrogens (primary N) is 1. The van der Waals surface area contributed by atoms with Gasteiger partial charge in [-0.2, -0.15) is 0 Å². The summed E-state index contributed by atoms with van der Waals surface area (Å²) in [5, 5.41) is 2.90. The minimum Gasteiger partial charge on any atom is -0.491 e. The van der Waals surface area contributed by atoms with Crippen LogP contribution in [0.3, 0.4) is 0 Å². The Morgan fingerprint density at radius 2 is 1.90 bits per heavy atom. The van der Waals surface area contributed by atoms with Gasteiger partial charge in [-0.15, -0.1) is 0 Å². The second-order valence-corrected chi connectivity index (χ2v) is 6.45. The Labute approximate surface area is 128 Å². The zero-order chi connectivity index (χ0) is 15.9. The number of hydrogen-bond acceptors (Lipinski definition) is 3. The van der Waals surface area contributed by atoms with Crippen molar-refractivity contribution in [3.05, 3.63) is 29.8 Å². The molecule has 0 aliphatic carbocycles. The summed E-state index contributed by atoms with van der Waals surface area (Å²) in [5.41, 5.74) is 6.80. The largest absolute Gasteiger partial charge is 0.491 e. The van der Waals surface area contributed by atoms with E-state index in [0.29, 0.717) is 26.0 Å². The third-order valence-electron chi connectivity index (χ3n) is 3.24. The van der Waals surface area contributed by atoms with Crippen LogP contribution in [-0.4, -0.2) is 25.1 Å². The molecule has 0 aliphatic heterocycles. The van der Waals surface area contributed by atoms with Crippen LogP contribution >= 0.6 is 0 Å². The van der Waals surface area contributed by atoms with Crippen LogP contribution in [0.15, 0.2) is 24.3 Å². The number of amides is 1. The predicted molar refractivity (Wildman–Crippen MR) is 86.5 cm³/mol. The monoisotopic (exact) mass is 292 g/mol. The molecule has 1 amide bonds. The zero-order valence-corrected chi connectivity index (χ0v) is 13.6. The molecule has 3 N–H and O–H groups in total. The highest BCUT2D eigenvalue weighted by Crippen LogP contribution is 2.24. The summed E-state index contributed by atoms with van der Waals surface area (Å²) in [6.07, 6.45) is 1.19. The van der Waals surface area contributed by atoms with E-state index >= 15 is 0 Å². The fraction of sp³-hybridized carbons (Fsp3) is 0.588. The summed E-state index contributed by atoms with van der Waals surface area (Å²) in [6, 6.07) is 8.10. The van der Waals surface area contributed by atoms with Gasteiger partial charge >= 0.3 is 0 Å². The average molecular weight is 292 g/mol. The first-order valence-corrected chi connectivity index (χ1v) is 7.55. The van der Waals surface area contributed by atoms with Gasteiger partial charge in [-0.1, -0.05) is 32.9 Å². The fourth-order valence-electron chi connectivity index (χ4n) is 1.92. The quantitative estimate of drug-likeness (QED) is 0.812. The predicted octanol–water partition coefficient (Wildman–Crippen LogP) is 2.61. The summed E-state index contributed by atoms with van der Waals surface area (Å²) < 4.78 is 5.70. The average Bonchev–Trinajstić information content (AvgIpc) is 2.42. The van der Waals surface area contributed by atoms with Crippen molar-refractivity contribution in [1.82, 2.24) is 5.32 Å². The Hall–Kier alpha value is -1.55. The first-order valence-electron chi connectivity index (χ1n) is 7.55. The molecule has 0 spiro atoms. The molecule has 1 aromatic rings. The number of nitrogens with one attached hydrogen (secondary N) is 1. The van der Waals surface area contributed by atoms with Crippen LogP contribution in [0.1, 0.15) is 46.1 Å². The van der Waals surface area contributed by atoms with E-state index in [1.807, 2.05) is 19.1 Å². The Balaban J connectivity index is 2.39. The van der Waals surface area contributed by atoms with Crippen LogP contribution in [-0.2, 0) is 10.2 Å². The van der Waals surface area contributed by atoms with Gasteiger partial charge in [0.2, 0.25) is 5.91 Å². The standard InChI is InChI=1S/C17H28N2O2/c1-13(19-16(20)6-5-11-18)12-21-15-9-7-14(8-10-15)17(2,3)4/h7-10,13H,5-6,11-12,18H2,1-4H3,(H,19,20). The highest BCUT2D eigenvalue weighted by Gasteiger charge is 2.13. The van der Waals surface area contributed by atoms with E-state index in [9.17, 15) is 4.79 Å². The van der Waals surface area contributed by atoms with Crippen molar-refractivity contribution >= 4 is 5.91 Å². The molecule has 1 unspecified atom stereocenters. The SMILES string of the molecule is CC(COc1ccc(C(C)(C)C)cc1)NC(=O)CCCN. The summed E-state index contributed by atoms with van der Waals surface area (Å²) >= 11 is 0. The van der Waals surface area contributed by atoms with Crippen molar-refractivity contribution in [1.29, 1.82) is 0 Å². The molecular weight excluding hydrogens is 264 g/mol. The second kappa shape index (κ2) is 8.03. The van der Waals surface area contributed by atoms with Crippen molar-refractivity contribution in [2.24, 2.45) is 5.73 Å². The maximum atomic E-state index is 11.6. The lowest BCUT2D eigenvalue weighted by Crippen LogP contribution is -2.36. The van der Waals surface area contributed by atoms with Crippen molar-refractivity contribution in [3.8, 4) is 5.75 Å².